The summed E-state index contributed by atoms with van der Waals surface area (Å²) in [6.07, 6.45) is 1.18. The van der Waals surface area contributed by atoms with E-state index in [-0.39, 0.29) is 11.4 Å². The Balaban J connectivity index is 2.93. The third-order valence-corrected chi connectivity index (χ3v) is 4.09. The van der Waals surface area contributed by atoms with Crippen molar-refractivity contribution < 1.29 is 13.5 Å². The zero-order chi connectivity index (χ0) is 13.8. The molecule has 4 N–H and O–H groups in total. The van der Waals surface area contributed by atoms with E-state index < -0.39 is 15.6 Å². The lowest BCUT2D eigenvalue weighted by atomic mass is 9.97. The first-order valence-electron chi connectivity index (χ1n) is 5.90. The highest BCUT2D eigenvalue weighted by molar-refractivity contribution is 7.89. The lowest BCUT2D eigenvalue weighted by Gasteiger charge is -2.26. The van der Waals surface area contributed by atoms with E-state index in [0.717, 1.165) is 0 Å². The maximum absolute atomic E-state index is 11.4. The number of hydrogen-bond donors (Lipinski definition) is 3. The number of nitrogens with one attached hydrogen (secondary N) is 1. The summed E-state index contributed by atoms with van der Waals surface area (Å²) in [6, 6.07) is 6.39. The number of sulfonamides is 1. The third-order valence-electron chi connectivity index (χ3n) is 3.12. The Hall–Kier alpha value is -1.11. The Labute approximate surface area is 108 Å². The summed E-state index contributed by atoms with van der Waals surface area (Å²) < 4.78 is 22.8. The molecule has 0 aromatic heterocycles. The lowest BCUT2D eigenvalue weighted by Crippen LogP contribution is -2.35. The quantitative estimate of drug-likeness (QED) is 0.727. The first-order chi connectivity index (χ1) is 8.32. The monoisotopic (exact) mass is 272 g/mol. The summed E-state index contributed by atoms with van der Waals surface area (Å²) in [5.74, 6) is 0. The summed E-state index contributed by atoms with van der Waals surface area (Å²) in [5.41, 5.74) is -0.425. The number of primary sulfonamides is 1. The second-order valence-corrected chi connectivity index (χ2v) is 5.86. The highest BCUT2D eigenvalue weighted by Gasteiger charge is 2.23. The van der Waals surface area contributed by atoms with Gasteiger partial charge < -0.3 is 10.4 Å². The Kier molecular flexibility index (Phi) is 4.72. The predicted octanol–water partition coefficient (Wildman–Crippen LogP) is 1.30. The van der Waals surface area contributed by atoms with E-state index in [4.69, 9.17) is 5.14 Å². The summed E-state index contributed by atoms with van der Waals surface area (Å²) in [6.45, 7) is 4.06. The number of rotatable bonds is 6. The Morgan fingerprint density at radius 1 is 1.28 bits per heavy atom. The van der Waals surface area contributed by atoms with Gasteiger partial charge in [0, 0.05) is 6.54 Å². The smallest absolute Gasteiger partial charge is 0.240 e. The molecule has 0 spiro atoms. The highest BCUT2D eigenvalue weighted by Crippen LogP contribution is 2.22. The molecule has 0 bridgehead atoms. The van der Waals surface area contributed by atoms with E-state index in [2.05, 4.69) is 5.32 Å². The number of hydrogen-bond acceptors (Lipinski definition) is 4. The molecule has 0 radical (unpaired) electrons. The zero-order valence-corrected chi connectivity index (χ0v) is 11.5. The van der Waals surface area contributed by atoms with Gasteiger partial charge >= 0.3 is 0 Å². The molecule has 0 aliphatic heterocycles. The van der Waals surface area contributed by atoms with Crippen molar-refractivity contribution >= 4 is 15.7 Å². The van der Waals surface area contributed by atoms with Crippen molar-refractivity contribution in [2.24, 2.45) is 5.14 Å². The van der Waals surface area contributed by atoms with Crippen LogP contribution in [0.15, 0.2) is 29.2 Å². The molecule has 5 nitrogen and oxygen atoms in total. The number of anilines is 1. The van der Waals surface area contributed by atoms with Gasteiger partial charge in [-0.25, -0.2) is 13.6 Å². The largest absolute Gasteiger partial charge is 0.388 e. The SMILES string of the molecule is CCC(O)(CC)CNc1ccccc1S(N)(=O)=O. The third kappa shape index (κ3) is 3.69. The van der Waals surface area contributed by atoms with Crippen molar-refractivity contribution in [1.82, 2.24) is 0 Å². The van der Waals surface area contributed by atoms with Crippen LogP contribution in [0.3, 0.4) is 0 Å². The van der Waals surface area contributed by atoms with E-state index in [1.54, 1.807) is 18.2 Å². The van der Waals surface area contributed by atoms with Crippen LogP contribution in [0.5, 0.6) is 0 Å². The molecule has 0 saturated carbocycles. The standard InChI is InChI=1S/C12H20N2O3S/c1-3-12(15,4-2)9-14-10-7-5-6-8-11(10)18(13,16)17/h5-8,14-15H,3-4,9H2,1-2H3,(H2,13,16,17). The van der Waals surface area contributed by atoms with Crippen LogP contribution in [0.1, 0.15) is 26.7 Å². The fourth-order valence-electron chi connectivity index (χ4n) is 1.62. The molecular weight excluding hydrogens is 252 g/mol. The van der Waals surface area contributed by atoms with Crippen molar-refractivity contribution in [2.45, 2.75) is 37.2 Å². The van der Waals surface area contributed by atoms with E-state index >= 15 is 0 Å². The molecule has 6 heteroatoms. The molecule has 18 heavy (non-hydrogen) atoms. The van der Waals surface area contributed by atoms with Crippen molar-refractivity contribution in [2.75, 3.05) is 11.9 Å². The fraction of sp³-hybridized carbons (Fsp3) is 0.500. The normalized spacial score (nSPS) is 12.4. The molecule has 0 fully saturated rings. The Morgan fingerprint density at radius 3 is 2.33 bits per heavy atom. The zero-order valence-electron chi connectivity index (χ0n) is 10.7. The molecule has 0 heterocycles. The van der Waals surface area contributed by atoms with Gasteiger partial charge in [-0.15, -0.1) is 0 Å². The topological polar surface area (TPSA) is 92.4 Å². The van der Waals surface area contributed by atoms with Crippen LogP contribution >= 0.6 is 0 Å². The first-order valence-corrected chi connectivity index (χ1v) is 7.45. The molecule has 0 aliphatic rings. The molecule has 0 saturated heterocycles. The summed E-state index contributed by atoms with van der Waals surface area (Å²) in [7, 11) is -3.76. The maximum Gasteiger partial charge on any atom is 0.240 e. The van der Waals surface area contributed by atoms with Gasteiger partial charge in [-0.1, -0.05) is 26.0 Å². The first kappa shape index (κ1) is 14.9. The minimum absolute atomic E-state index is 0.0413. The van der Waals surface area contributed by atoms with Gasteiger partial charge in [-0.2, -0.15) is 0 Å². The fourth-order valence-corrected chi connectivity index (χ4v) is 2.34. The number of nitrogens with two attached hydrogens (primary N) is 1. The van der Waals surface area contributed by atoms with Gasteiger partial charge in [0.05, 0.1) is 11.3 Å². The van der Waals surface area contributed by atoms with Crippen LogP contribution in [0.25, 0.3) is 0 Å². The van der Waals surface area contributed by atoms with Gasteiger partial charge in [0.15, 0.2) is 0 Å². The highest BCUT2D eigenvalue weighted by atomic mass is 32.2. The number of benzene rings is 1. The molecule has 102 valence electrons. The molecule has 1 aromatic carbocycles. The van der Waals surface area contributed by atoms with Crippen molar-refractivity contribution in [3.05, 3.63) is 24.3 Å². The van der Waals surface area contributed by atoms with Crippen molar-refractivity contribution in [1.29, 1.82) is 0 Å². The summed E-state index contributed by atoms with van der Waals surface area (Å²) in [4.78, 5) is 0.0413. The van der Waals surface area contributed by atoms with Crippen LogP contribution in [0.4, 0.5) is 5.69 Å². The lowest BCUT2D eigenvalue weighted by molar-refractivity contribution is 0.0456. The van der Waals surface area contributed by atoms with Crippen molar-refractivity contribution in [3.63, 3.8) is 0 Å². The summed E-state index contributed by atoms with van der Waals surface area (Å²) >= 11 is 0. The average molecular weight is 272 g/mol. The molecular formula is C12H20N2O3S. The minimum atomic E-state index is -3.76. The van der Waals surface area contributed by atoms with Crippen LogP contribution < -0.4 is 10.5 Å². The average Bonchev–Trinajstić information content (AvgIpc) is 2.35. The van der Waals surface area contributed by atoms with Gasteiger partial charge in [-0.05, 0) is 25.0 Å². The Morgan fingerprint density at radius 2 is 1.83 bits per heavy atom. The molecule has 1 aromatic rings. The molecule has 0 atom stereocenters. The second kappa shape index (κ2) is 5.69. The molecule has 0 amide bonds. The second-order valence-electron chi connectivity index (χ2n) is 4.33. The minimum Gasteiger partial charge on any atom is -0.388 e. The van der Waals surface area contributed by atoms with Crippen LogP contribution in [0.2, 0.25) is 0 Å². The van der Waals surface area contributed by atoms with E-state index in [1.165, 1.54) is 6.07 Å². The number of para-hydroxylation sites is 1. The molecule has 0 aliphatic carbocycles. The number of aliphatic hydroxyl groups is 1. The Bertz CT molecular complexity index is 496. The van der Waals surface area contributed by atoms with Crippen LogP contribution in [-0.2, 0) is 10.0 Å². The summed E-state index contributed by atoms with van der Waals surface area (Å²) in [5, 5.41) is 18.2. The molecule has 0 unspecified atom stereocenters. The van der Waals surface area contributed by atoms with E-state index in [1.807, 2.05) is 13.8 Å². The van der Waals surface area contributed by atoms with E-state index in [0.29, 0.717) is 18.5 Å². The van der Waals surface area contributed by atoms with Gasteiger partial charge in [0.1, 0.15) is 4.90 Å². The van der Waals surface area contributed by atoms with Gasteiger partial charge in [-0.3, -0.25) is 0 Å². The maximum atomic E-state index is 11.4. The van der Waals surface area contributed by atoms with Crippen molar-refractivity contribution in [3.8, 4) is 0 Å². The molecule has 1 rings (SSSR count). The van der Waals surface area contributed by atoms with E-state index in [9.17, 15) is 13.5 Å². The van der Waals surface area contributed by atoms with Gasteiger partial charge in [0.25, 0.3) is 0 Å². The van der Waals surface area contributed by atoms with Gasteiger partial charge in [0.2, 0.25) is 10.0 Å². The van der Waals surface area contributed by atoms with Crippen LogP contribution in [-0.4, -0.2) is 25.7 Å². The predicted molar refractivity (Wildman–Crippen MR) is 71.8 cm³/mol. The van der Waals surface area contributed by atoms with Crippen LogP contribution in [0, 0.1) is 0 Å².